The molecule has 1 aromatic heterocycles. The van der Waals surface area contributed by atoms with Crippen molar-refractivity contribution in [2.75, 3.05) is 20.8 Å². The van der Waals surface area contributed by atoms with E-state index in [1.807, 2.05) is 0 Å². The van der Waals surface area contributed by atoms with Crippen molar-refractivity contribution in [2.45, 2.75) is 6.42 Å². The number of hydrogen-bond donors (Lipinski definition) is 2. The molecule has 0 aliphatic rings. The van der Waals surface area contributed by atoms with Gasteiger partial charge in [-0.05, 0) is 24.1 Å². The molecule has 0 fully saturated rings. The van der Waals surface area contributed by atoms with Crippen molar-refractivity contribution < 1.29 is 24.2 Å². The first-order valence-corrected chi connectivity index (χ1v) is 7.74. The number of methoxy groups -OCH3 is 2. The average molecular weight is 335 g/mol. The molecule has 0 saturated carbocycles. The summed E-state index contributed by atoms with van der Waals surface area (Å²) >= 11 is 1.31. The summed E-state index contributed by atoms with van der Waals surface area (Å²) in [5.41, 5.74) is 1.00. The molecule has 1 aromatic carbocycles. The van der Waals surface area contributed by atoms with Crippen molar-refractivity contribution in [1.82, 2.24) is 5.32 Å². The molecule has 23 heavy (non-hydrogen) atoms. The molecule has 2 rings (SSSR count). The second-order valence-corrected chi connectivity index (χ2v) is 5.60. The maximum absolute atomic E-state index is 12.0. The van der Waals surface area contributed by atoms with Gasteiger partial charge in [-0.3, -0.25) is 4.79 Å². The Morgan fingerprint density at radius 2 is 2.00 bits per heavy atom. The van der Waals surface area contributed by atoms with Gasteiger partial charge in [-0.25, -0.2) is 4.79 Å². The molecule has 0 aliphatic heterocycles. The van der Waals surface area contributed by atoms with Gasteiger partial charge in [0.15, 0.2) is 0 Å². The van der Waals surface area contributed by atoms with E-state index in [2.05, 4.69) is 5.32 Å². The number of carbonyl (C=O) groups is 2. The monoisotopic (exact) mass is 335 g/mol. The predicted octanol–water partition coefficient (Wildman–Crippen LogP) is 2.44. The van der Waals surface area contributed by atoms with Crippen molar-refractivity contribution in [3.63, 3.8) is 0 Å². The Hall–Kier alpha value is -2.54. The molecule has 6 nitrogen and oxygen atoms in total. The first-order chi connectivity index (χ1) is 11.0. The standard InChI is InChI=1S/C16H17NO5S/c1-21-12-8-14(23-9-12)15(18)17-6-5-10-3-4-11(16(19)20)7-13(10)22-2/h3-4,7-9H,5-6H2,1-2H3,(H,17,18)(H,19,20). The second-order valence-electron chi connectivity index (χ2n) is 4.69. The third-order valence-electron chi connectivity index (χ3n) is 3.25. The van der Waals surface area contributed by atoms with E-state index in [0.29, 0.717) is 29.3 Å². The van der Waals surface area contributed by atoms with E-state index in [1.54, 1.807) is 24.6 Å². The lowest BCUT2D eigenvalue weighted by Gasteiger charge is -2.10. The Kier molecular flexibility index (Phi) is 5.59. The van der Waals surface area contributed by atoms with Crippen LogP contribution >= 0.6 is 11.3 Å². The molecule has 0 saturated heterocycles. The summed E-state index contributed by atoms with van der Waals surface area (Å²) < 4.78 is 10.3. The lowest BCUT2D eigenvalue weighted by Crippen LogP contribution is -2.25. The van der Waals surface area contributed by atoms with Gasteiger partial charge in [0, 0.05) is 18.0 Å². The molecule has 0 spiro atoms. The summed E-state index contributed by atoms with van der Waals surface area (Å²) in [5.74, 6) is -0.0164. The number of nitrogens with one attached hydrogen (secondary N) is 1. The van der Waals surface area contributed by atoms with Gasteiger partial charge >= 0.3 is 5.97 Å². The van der Waals surface area contributed by atoms with E-state index >= 15 is 0 Å². The number of carboxylic acid groups (broad SMARTS) is 1. The van der Waals surface area contributed by atoms with E-state index in [0.717, 1.165) is 5.56 Å². The smallest absolute Gasteiger partial charge is 0.335 e. The number of benzene rings is 1. The number of amides is 1. The topological polar surface area (TPSA) is 84.9 Å². The number of ether oxygens (including phenoxy) is 2. The fourth-order valence-corrected chi connectivity index (χ4v) is 2.80. The number of carbonyl (C=O) groups excluding carboxylic acids is 1. The van der Waals surface area contributed by atoms with Crippen molar-refractivity contribution in [2.24, 2.45) is 0 Å². The van der Waals surface area contributed by atoms with Crippen molar-refractivity contribution in [3.8, 4) is 11.5 Å². The Morgan fingerprint density at radius 1 is 1.22 bits per heavy atom. The summed E-state index contributed by atoms with van der Waals surface area (Å²) in [5, 5.41) is 13.6. The zero-order valence-electron chi connectivity index (χ0n) is 12.8. The zero-order valence-corrected chi connectivity index (χ0v) is 13.6. The Balaban J connectivity index is 1.95. The van der Waals surface area contributed by atoms with Crippen LogP contribution in [0.2, 0.25) is 0 Å². The number of hydrogen-bond acceptors (Lipinski definition) is 5. The summed E-state index contributed by atoms with van der Waals surface area (Å²) in [6.07, 6.45) is 0.539. The van der Waals surface area contributed by atoms with Crippen LogP contribution in [0.1, 0.15) is 25.6 Å². The molecular weight excluding hydrogens is 318 g/mol. The summed E-state index contributed by atoms with van der Waals surface area (Å²) in [7, 11) is 3.04. The molecular formula is C16H17NO5S. The predicted molar refractivity (Wildman–Crippen MR) is 86.9 cm³/mol. The lowest BCUT2D eigenvalue weighted by molar-refractivity contribution is 0.0696. The fraction of sp³-hybridized carbons (Fsp3) is 0.250. The molecule has 0 unspecified atom stereocenters. The second kappa shape index (κ2) is 7.64. The van der Waals surface area contributed by atoms with Gasteiger partial charge in [0.2, 0.25) is 0 Å². The molecule has 2 aromatic rings. The van der Waals surface area contributed by atoms with Gasteiger partial charge in [0.05, 0.1) is 24.7 Å². The molecule has 0 aliphatic carbocycles. The van der Waals surface area contributed by atoms with Crippen LogP contribution in [0.5, 0.6) is 11.5 Å². The first-order valence-electron chi connectivity index (χ1n) is 6.86. The van der Waals surface area contributed by atoms with Crippen molar-refractivity contribution >= 4 is 23.2 Å². The van der Waals surface area contributed by atoms with Gasteiger partial charge in [-0.15, -0.1) is 11.3 Å². The maximum Gasteiger partial charge on any atom is 0.335 e. The minimum absolute atomic E-state index is 0.167. The van der Waals surface area contributed by atoms with E-state index in [-0.39, 0.29) is 11.5 Å². The van der Waals surface area contributed by atoms with Gasteiger partial charge in [-0.2, -0.15) is 0 Å². The lowest BCUT2D eigenvalue weighted by atomic mass is 10.1. The number of aromatic carboxylic acids is 1. The Morgan fingerprint density at radius 3 is 2.61 bits per heavy atom. The minimum Gasteiger partial charge on any atom is -0.496 e. The van der Waals surface area contributed by atoms with Gasteiger partial charge in [0.1, 0.15) is 11.5 Å². The maximum atomic E-state index is 12.0. The van der Waals surface area contributed by atoms with Crippen LogP contribution in [-0.4, -0.2) is 37.7 Å². The molecule has 0 atom stereocenters. The highest BCUT2D eigenvalue weighted by Gasteiger charge is 2.11. The highest BCUT2D eigenvalue weighted by atomic mass is 32.1. The number of carboxylic acids is 1. The number of rotatable bonds is 7. The molecule has 122 valence electrons. The van der Waals surface area contributed by atoms with Crippen LogP contribution in [0.4, 0.5) is 0 Å². The van der Waals surface area contributed by atoms with Gasteiger partial charge in [-0.1, -0.05) is 6.07 Å². The normalized spacial score (nSPS) is 10.2. The highest BCUT2D eigenvalue weighted by molar-refractivity contribution is 7.12. The highest BCUT2D eigenvalue weighted by Crippen LogP contribution is 2.22. The summed E-state index contributed by atoms with van der Waals surface area (Å²) in [6, 6.07) is 6.38. The molecule has 0 bridgehead atoms. The largest absolute Gasteiger partial charge is 0.496 e. The van der Waals surface area contributed by atoms with Crippen LogP contribution in [0.3, 0.4) is 0 Å². The van der Waals surface area contributed by atoms with Crippen LogP contribution in [0.25, 0.3) is 0 Å². The van der Waals surface area contributed by atoms with Crippen molar-refractivity contribution in [1.29, 1.82) is 0 Å². The minimum atomic E-state index is -1.00. The molecule has 2 N–H and O–H groups in total. The van der Waals surface area contributed by atoms with E-state index < -0.39 is 5.97 Å². The van der Waals surface area contributed by atoms with Crippen LogP contribution in [0.15, 0.2) is 29.6 Å². The van der Waals surface area contributed by atoms with Gasteiger partial charge in [0.25, 0.3) is 5.91 Å². The van der Waals surface area contributed by atoms with E-state index in [9.17, 15) is 9.59 Å². The summed E-state index contributed by atoms with van der Waals surface area (Å²) in [6.45, 7) is 0.418. The zero-order chi connectivity index (χ0) is 16.8. The van der Waals surface area contributed by atoms with E-state index in [4.69, 9.17) is 14.6 Å². The van der Waals surface area contributed by atoms with Crippen LogP contribution in [-0.2, 0) is 6.42 Å². The number of thiophene rings is 1. The van der Waals surface area contributed by atoms with E-state index in [1.165, 1.54) is 30.6 Å². The SMILES string of the molecule is COc1csc(C(=O)NCCc2ccc(C(=O)O)cc2OC)c1. The first kappa shape index (κ1) is 16.8. The van der Waals surface area contributed by atoms with Gasteiger partial charge < -0.3 is 19.9 Å². The molecule has 7 heteroatoms. The van der Waals surface area contributed by atoms with Crippen LogP contribution in [0, 0.1) is 0 Å². The molecule has 1 heterocycles. The van der Waals surface area contributed by atoms with Crippen molar-refractivity contribution in [3.05, 3.63) is 45.6 Å². The third-order valence-corrected chi connectivity index (χ3v) is 4.16. The fourth-order valence-electron chi connectivity index (χ4n) is 2.03. The average Bonchev–Trinajstić information content (AvgIpc) is 3.04. The quantitative estimate of drug-likeness (QED) is 0.812. The van der Waals surface area contributed by atoms with Crippen LogP contribution < -0.4 is 14.8 Å². The third kappa shape index (κ3) is 4.23. The Bertz CT molecular complexity index is 710. The molecule has 0 radical (unpaired) electrons. The molecule has 1 amide bonds. The Labute approximate surface area is 137 Å². The summed E-state index contributed by atoms with van der Waals surface area (Å²) in [4.78, 5) is 23.5.